The zero-order chi connectivity index (χ0) is 25.8. The third-order valence-corrected chi connectivity index (χ3v) is 7.71. The summed E-state index contributed by atoms with van der Waals surface area (Å²) in [5.41, 5.74) is 5.28. The van der Waals surface area contributed by atoms with Crippen molar-refractivity contribution >= 4 is 63.3 Å². The van der Waals surface area contributed by atoms with Gasteiger partial charge in [0.1, 0.15) is 21.2 Å². The average molecular weight is 541 g/mol. The van der Waals surface area contributed by atoms with E-state index in [0.29, 0.717) is 11.5 Å². The van der Waals surface area contributed by atoms with Gasteiger partial charge >= 0.3 is 0 Å². The molecule has 0 unspecified atom stereocenters. The normalized spacial score (nSPS) is 12.7. The monoisotopic (exact) mass is 540 g/mol. The SMILES string of the molecule is O=S(=O)(O)c1cc(S(=O)(=O)O)c2c(NNc3ccc(S(=O)(=O)O)c4ccccc34)c(O)ccc2c1. The van der Waals surface area contributed by atoms with Crippen LogP contribution in [0.5, 0.6) is 5.75 Å². The summed E-state index contributed by atoms with van der Waals surface area (Å²) < 4.78 is 99.2. The Labute approximate surface area is 199 Å². The second kappa shape index (κ2) is 8.33. The maximum Gasteiger partial charge on any atom is 0.295 e. The molecule has 4 aromatic carbocycles. The molecule has 0 atom stereocenters. The van der Waals surface area contributed by atoms with Crippen molar-refractivity contribution in [1.29, 1.82) is 0 Å². The minimum atomic E-state index is -5.04. The number of nitrogens with one attached hydrogen (secondary N) is 2. The lowest BCUT2D eigenvalue weighted by molar-refractivity contribution is 0.477. The van der Waals surface area contributed by atoms with Gasteiger partial charge in [-0.3, -0.25) is 19.1 Å². The highest BCUT2D eigenvalue weighted by molar-refractivity contribution is 7.87. The van der Waals surface area contributed by atoms with Crippen LogP contribution in [0.3, 0.4) is 0 Å². The molecule has 15 heteroatoms. The quantitative estimate of drug-likeness (QED) is 0.119. The van der Waals surface area contributed by atoms with Crippen LogP contribution in [0, 0.1) is 0 Å². The van der Waals surface area contributed by atoms with Crippen LogP contribution in [0.1, 0.15) is 0 Å². The summed E-state index contributed by atoms with van der Waals surface area (Å²) in [6, 6.07) is 12.4. The Morgan fingerprint density at radius 1 is 0.629 bits per heavy atom. The zero-order valence-corrected chi connectivity index (χ0v) is 19.7. The Morgan fingerprint density at radius 2 is 1.26 bits per heavy atom. The topological polar surface area (TPSA) is 207 Å². The van der Waals surface area contributed by atoms with E-state index in [1.807, 2.05) is 0 Å². The molecule has 12 nitrogen and oxygen atoms in total. The van der Waals surface area contributed by atoms with E-state index in [4.69, 9.17) is 0 Å². The van der Waals surface area contributed by atoms with Gasteiger partial charge in [0.2, 0.25) is 0 Å². The van der Waals surface area contributed by atoms with E-state index < -0.39 is 45.9 Å². The lowest BCUT2D eigenvalue weighted by Crippen LogP contribution is -2.12. The van der Waals surface area contributed by atoms with Gasteiger partial charge in [-0.2, -0.15) is 25.3 Å². The second-order valence-electron chi connectivity index (χ2n) is 7.31. The number of hydrogen-bond acceptors (Lipinski definition) is 9. The van der Waals surface area contributed by atoms with Crippen molar-refractivity contribution in [2.45, 2.75) is 14.7 Å². The van der Waals surface area contributed by atoms with Gasteiger partial charge in [-0.25, -0.2) is 0 Å². The fourth-order valence-corrected chi connectivity index (χ4v) is 5.67. The molecule has 0 saturated carbocycles. The highest BCUT2D eigenvalue weighted by Gasteiger charge is 2.24. The number of fused-ring (bicyclic) bond motifs is 2. The van der Waals surface area contributed by atoms with E-state index in [1.165, 1.54) is 18.2 Å². The number of hydrogen-bond donors (Lipinski definition) is 6. The molecule has 35 heavy (non-hydrogen) atoms. The average Bonchev–Trinajstić information content (AvgIpc) is 2.75. The second-order valence-corrected chi connectivity index (χ2v) is 11.5. The lowest BCUT2D eigenvalue weighted by atomic mass is 10.1. The van der Waals surface area contributed by atoms with Gasteiger partial charge in [-0.15, -0.1) is 0 Å². The number of hydrazine groups is 1. The summed E-state index contributed by atoms with van der Waals surface area (Å²) >= 11 is 0. The van der Waals surface area contributed by atoms with Crippen LogP contribution < -0.4 is 10.9 Å². The smallest absolute Gasteiger partial charge is 0.295 e. The predicted molar refractivity (Wildman–Crippen MR) is 126 cm³/mol. The summed E-state index contributed by atoms with van der Waals surface area (Å²) in [5, 5.41) is 10.5. The Morgan fingerprint density at radius 3 is 1.86 bits per heavy atom. The van der Waals surface area contributed by atoms with Crippen molar-refractivity contribution in [1.82, 2.24) is 0 Å². The standard InChI is InChI=1S/C20H16N2O10S3/c23-16-7-5-11-9-12(33(24,25)26)10-18(35(30,31)32)19(11)20(16)22-21-15-6-8-17(34(27,28)29)14-4-2-1-3-13(14)15/h1-10,21-23H,(H,24,25,26)(H,27,28,29)(H,30,31,32). The molecule has 0 aliphatic heterocycles. The van der Waals surface area contributed by atoms with Crippen molar-refractivity contribution in [3.05, 3.63) is 60.7 Å². The molecule has 0 aliphatic carbocycles. The first-order chi connectivity index (χ1) is 16.2. The van der Waals surface area contributed by atoms with E-state index in [9.17, 15) is 44.0 Å². The molecule has 4 aromatic rings. The number of phenols is 1. The van der Waals surface area contributed by atoms with Crippen molar-refractivity contribution in [2.24, 2.45) is 0 Å². The zero-order valence-electron chi connectivity index (χ0n) is 17.2. The molecule has 6 N–H and O–H groups in total. The summed E-state index contributed by atoms with van der Waals surface area (Å²) in [6.45, 7) is 0. The third kappa shape index (κ3) is 4.72. The van der Waals surface area contributed by atoms with E-state index in [1.54, 1.807) is 18.2 Å². The number of rotatable bonds is 6. The van der Waals surface area contributed by atoms with Gasteiger partial charge in [0.05, 0.1) is 10.6 Å². The Balaban J connectivity index is 1.90. The van der Waals surface area contributed by atoms with Crippen LogP contribution in [0.25, 0.3) is 21.5 Å². The molecule has 184 valence electrons. The first-order valence-electron chi connectivity index (χ1n) is 9.44. The molecular weight excluding hydrogens is 524 g/mol. The van der Waals surface area contributed by atoms with Gasteiger partial charge in [-0.1, -0.05) is 30.3 Å². The molecule has 0 radical (unpaired) electrons. The fourth-order valence-electron chi connectivity index (χ4n) is 3.60. The summed E-state index contributed by atoms with van der Waals surface area (Å²) in [6.07, 6.45) is 0. The molecule has 0 amide bonds. The number of anilines is 2. The van der Waals surface area contributed by atoms with Crippen LogP contribution >= 0.6 is 0 Å². The lowest BCUT2D eigenvalue weighted by Gasteiger charge is -2.17. The minimum Gasteiger partial charge on any atom is -0.506 e. The molecule has 0 aromatic heterocycles. The molecular formula is C20H16N2O10S3. The predicted octanol–water partition coefficient (Wildman–Crippen LogP) is 2.88. The van der Waals surface area contributed by atoms with Crippen LogP contribution in [-0.4, -0.2) is 44.0 Å². The van der Waals surface area contributed by atoms with Crippen LogP contribution in [0.4, 0.5) is 11.4 Å². The third-order valence-electron chi connectivity index (χ3n) is 5.09. The summed E-state index contributed by atoms with van der Waals surface area (Å²) in [5.74, 6) is -0.492. The van der Waals surface area contributed by atoms with Crippen LogP contribution in [-0.2, 0) is 30.4 Å². The maximum atomic E-state index is 12.0. The molecule has 0 saturated heterocycles. The Bertz CT molecular complexity index is 1830. The first-order valence-corrected chi connectivity index (χ1v) is 13.8. The van der Waals surface area contributed by atoms with Gasteiger partial charge < -0.3 is 10.5 Å². The van der Waals surface area contributed by atoms with E-state index in [0.717, 1.165) is 18.2 Å². The van der Waals surface area contributed by atoms with Gasteiger partial charge in [0, 0.05) is 16.2 Å². The first kappa shape index (κ1) is 24.6. The fraction of sp³-hybridized carbons (Fsp3) is 0. The van der Waals surface area contributed by atoms with Crippen LogP contribution in [0.2, 0.25) is 0 Å². The van der Waals surface area contributed by atoms with Gasteiger partial charge in [0.25, 0.3) is 30.4 Å². The van der Waals surface area contributed by atoms with E-state index in [2.05, 4.69) is 10.9 Å². The highest BCUT2D eigenvalue weighted by Crippen LogP contribution is 2.39. The van der Waals surface area contributed by atoms with Crippen molar-refractivity contribution in [3.8, 4) is 5.75 Å². The van der Waals surface area contributed by atoms with Gasteiger partial charge in [-0.05, 0) is 35.7 Å². The molecule has 0 heterocycles. The number of aromatic hydroxyl groups is 1. The molecule has 0 aliphatic rings. The Kier molecular flexibility index (Phi) is 5.87. The number of phenolic OH excluding ortho intramolecular Hbond substituents is 1. The van der Waals surface area contributed by atoms with Crippen molar-refractivity contribution in [3.63, 3.8) is 0 Å². The van der Waals surface area contributed by atoms with Gasteiger partial charge in [0.15, 0.2) is 0 Å². The molecule has 0 spiro atoms. The largest absolute Gasteiger partial charge is 0.506 e. The number of benzene rings is 4. The summed E-state index contributed by atoms with van der Waals surface area (Å²) in [7, 11) is -14.4. The summed E-state index contributed by atoms with van der Waals surface area (Å²) in [4.78, 5) is -2.05. The van der Waals surface area contributed by atoms with E-state index >= 15 is 0 Å². The molecule has 0 fully saturated rings. The van der Waals surface area contributed by atoms with E-state index in [-0.39, 0.29) is 32.4 Å². The minimum absolute atomic E-state index is 0.0681. The van der Waals surface area contributed by atoms with Crippen molar-refractivity contribution < 1.29 is 44.0 Å². The molecule has 0 bridgehead atoms. The molecule has 4 rings (SSSR count). The Hall–Kier alpha value is -3.47. The van der Waals surface area contributed by atoms with Crippen molar-refractivity contribution in [2.75, 3.05) is 10.9 Å². The van der Waals surface area contributed by atoms with Crippen LogP contribution in [0.15, 0.2) is 75.4 Å². The highest BCUT2D eigenvalue weighted by atomic mass is 32.2. The maximum absolute atomic E-state index is 12.0.